The Balaban J connectivity index is 1.79. The third-order valence-electron chi connectivity index (χ3n) is 3.78. The van der Waals surface area contributed by atoms with Gasteiger partial charge in [0.05, 0.1) is 27.7 Å². The zero-order chi connectivity index (χ0) is 18.1. The molecule has 2 aromatic rings. The average molecular weight is 379 g/mol. The van der Waals surface area contributed by atoms with E-state index >= 15 is 0 Å². The molecule has 6 nitrogen and oxygen atoms in total. The zero-order valence-corrected chi connectivity index (χ0v) is 14.2. The molecule has 0 aliphatic carbocycles. The fraction of sp³-hybridized carbons (Fsp3) is 0.118. The van der Waals surface area contributed by atoms with Crippen molar-refractivity contribution in [2.24, 2.45) is 0 Å². The fourth-order valence-electron chi connectivity index (χ4n) is 2.56. The number of carboxylic acid groups (broad SMARTS) is 1. The lowest BCUT2D eigenvalue weighted by molar-refractivity contribution is -0.121. The molecule has 1 aliphatic heterocycles. The van der Waals surface area contributed by atoms with Crippen LogP contribution in [0.15, 0.2) is 42.5 Å². The van der Waals surface area contributed by atoms with Gasteiger partial charge in [-0.25, -0.2) is 9.69 Å². The van der Waals surface area contributed by atoms with Crippen molar-refractivity contribution in [3.05, 3.63) is 58.1 Å². The Morgan fingerprint density at radius 1 is 1.08 bits per heavy atom. The molecule has 1 aliphatic rings. The lowest BCUT2D eigenvalue weighted by atomic mass is 10.2. The highest BCUT2D eigenvalue weighted by Gasteiger charge is 2.39. The summed E-state index contributed by atoms with van der Waals surface area (Å²) < 4.78 is 0. The van der Waals surface area contributed by atoms with E-state index in [1.807, 2.05) is 0 Å². The second kappa shape index (κ2) is 6.74. The summed E-state index contributed by atoms with van der Waals surface area (Å²) in [6.07, 6.45) is -0.0141. The van der Waals surface area contributed by atoms with Crippen molar-refractivity contribution in [2.75, 3.05) is 10.2 Å². The summed E-state index contributed by atoms with van der Waals surface area (Å²) in [5.41, 5.74) is 0.982. The molecule has 1 saturated heterocycles. The number of nitrogens with one attached hydrogen (secondary N) is 1. The van der Waals surface area contributed by atoms with E-state index in [1.165, 1.54) is 24.3 Å². The van der Waals surface area contributed by atoms with Crippen molar-refractivity contribution in [3.63, 3.8) is 0 Å². The standard InChI is InChI=1S/C17H12Cl2N2O4/c18-12-6-3-10(7-13(12)19)20-14-8-15(22)21(16(14)23)11-4-1-9(2-5-11)17(24)25/h1-7,14,20H,8H2,(H,24,25)/t14-/m0/s1. The second-order valence-corrected chi connectivity index (χ2v) is 6.26. The SMILES string of the molecule is O=C(O)c1ccc(N2C(=O)C[C@H](Nc3ccc(Cl)c(Cl)c3)C2=O)cc1. The van der Waals surface area contributed by atoms with Crippen LogP contribution in [0, 0.1) is 0 Å². The molecule has 2 N–H and O–H groups in total. The molecule has 3 rings (SSSR count). The van der Waals surface area contributed by atoms with Gasteiger partial charge in [0.1, 0.15) is 6.04 Å². The maximum Gasteiger partial charge on any atom is 0.335 e. The smallest absolute Gasteiger partial charge is 0.335 e. The van der Waals surface area contributed by atoms with Gasteiger partial charge in [-0.3, -0.25) is 9.59 Å². The number of rotatable bonds is 4. The van der Waals surface area contributed by atoms with Crippen molar-refractivity contribution in [1.29, 1.82) is 0 Å². The summed E-state index contributed by atoms with van der Waals surface area (Å²) in [5.74, 6) is -1.87. The summed E-state index contributed by atoms with van der Waals surface area (Å²) in [5, 5.41) is 12.6. The maximum absolute atomic E-state index is 12.6. The van der Waals surface area contributed by atoms with Crippen LogP contribution in [0.4, 0.5) is 11.4 Å². The van der Waals surface area contributed by atoms with Crippen molar-refractivity contribution < 1.29 is 19.5 Å². The lowest BCUT2D eigenvalue weighted by Crippen LogP contribution is -2.34. The number of carboxylic acids is 1. The summed E-state index contributed by atoms with van der Waals surface area (Å²) in [7, 11) is 0. The van der Waals surface area contributed by atoms with Gasteiger partial charge in [0.2, 0.25) is 5.91 Å². The largest absolute Gasteiger partial charge is 0.478 e. The quantitative estimate of drug-likeness (QED) is 0.795. The first-order valence-electron chi connectivity index (χ1n) is 7.28. The molecule has 25 heavy (non-hydrogen) atoms. The van der Waals surface area contributed by atoms with Crippen LogP contribution in [-0.2, 0) is 9.59 Å². The van der Waals surface area contributed by atoms with E-state index in [0.29, 0.717) is 21.4 Å². The maximum atomic E-state index is 12.6. The van der Waals surface area contributed by atoms with Gasteiger partial charge < -0.3 is 10.4 Å². The number of hydrogen-bond acceptors (Lipinski definition) is 4. The highest BCUT2D eigenvalue weighted by atomic mass is 35.5. The van der Waals surface area contributed by atoms with Crippen LogP contribution in [0.2, 0.25) is 10.0 Å². The predicted octanol–water partition coefficient (Wildman–Crippen LogP) is 3.44. The molecule has 1 fully saturated rings. The molecule has 2 amide bonds. The van der Waals surface area contributed by atoms with Gasteiger partial charge >= 0.3 is 5.97 Å². The summed E-state index contributed by atoms with van der Waals surface area (Å²) in [4.78, 5) is 36.7. The molecule has 128 valence electrons. The average Bonchev–Trinajstić information content (AvgIpc) is 2.85. The number of carbonyl (C=O) groups excluding carboxylic acids is 2. The van der Waals surface area contributed by atoms with Gasteiger partial charge in [-0.1, -0.05) is 23.2 Å². The molecule has 0 saturated carbocycles. The highest BCUT2D eigenvalue weighted by molar-refractivity contribution is 6.42. The molecule has 0 spiro atoms. The zero-order valence-electron chi connectivity index (χ0n) is 12.7. The first kappa shape index (κ1) is 17.3. The Kier molecular flexibility index (Phi) is 4.65. The molecule has 0 aromatic heterocycles. The number of carbonyl (C=O) groups is 3. The van der Waals surface area contributed by atoms with Crippen LogP contribution < -0.4 is 10.2 Å². The van der Waals surface area contributed by atoms with E-state index in [-0.39, 0.29) is 17.9 Å². The van der Waals surface area contributed by atoms with Crippen LogP contribution in [0.3, 0.4) is 0 Å². The second-order valence-electron chi connectivity index (χ2n) is 5.45. The number of nitrogens with zero attached hydrogens (tertiary/aromatic N) is 1. The molecular formula is C17H12Cl2N2O4. The molecule has 0 bridgehead atoms. The van der Waals surface area contributed by atoms with E-state index in [0.717, 1.165) is 4.90 Å². The van der Waals surface area contributed by atoms with Crippen molar-refractivity contribution in [3.8, 4) is 0 Å². The normalized spacial score (nSPS) is 17.0. The van der Waals surface area contributed by atoms with Gasteiger partial charge in [-0.2, -0.15) is 0 Å². The van der Waals surface area contributed by atoms with Gasteiger partial charge in [-0.05, 0) is 42.5 Å². The highest BCUT2D eigenvalue weighted by Crippen LogP contribution is 2.28. The minimum Gasteiger partial charge on any atom is -0.478 e. The number of hydrogen-bond donors (Lipinski definition) is 2. The van der Waals surface area contributed by atoms with Gasteiger partial charge in [0, 0.05) is 5.69 Å². The number of anilines is 2. The van der Waals surface area contributed by atoms with Crippen molar-refractivity contribution >= 4 is 52.4 Å². The van der Waals surface area contributed by atoms with E-state index in [9.17, 15) is 14.4 Å². The minimum atomic E-state index is -1.08. The van der Waals surface area contributed by atoms with E-state index in [2.05, 4.69) is 5.32 Å². The fourth-order valence-corrected chi connectivity index (χ4v) is 2.85. The first-order valence-corrected chi connectivity index (χ1v) is 8.04. The van der Waals surface area contributed by atoms with E-state index in [1.54, 1.807) is 18.2 Å². The molecule has 2 aromatic carbocycles. The summed E-state index contributed by atoms with van der Waals surface area (Å²) in [6, 6.07) is 9.65. The Bertz CT molecular complexity index is 867. The molecule has 1 heterocycles. The monoisotopic (exact) mass is 378 g/mol. The van der Waals surface area contributed by atoms with Gasteiger partial charge in [-0.15, -0.1) is 0 Å². The van der Waals surface area contributed by atoms with Crippen molar-refractivity contribution in [2.45, 2.75) is 12.5 Å². The molecule has 0 radical (unpaired) electrons. The third kappa shape index (κ3) is 3.45. The molecule has 0 unspecified atom stereocenters. The van der Waals surface area contributed by atoms with Crippen LogP contribution in [-0.4, -0.2) is 28.9 Å². The Labute approximate surface area is 153 Å². The van der Waals surface area contributed by atoms with E-state index in [4.69, 9.17) is 28.3 Å². The number of benzene rings is 2. The number of aromatic carboxylic acids is 1. The Hall–Kier alpha value is -2.57. The van der Waals surface area contributed by atoms with Crippen LogP contribution in [0.1, 0.15) is 16.8 Å². The lowest BCUT2D eigenvalue weighted by Gasteiger charge is -2.16. The molecular weight excluding hydrogens is 367 g/mol. The van der Waals surface area contributed by atoms with E-state index < -0.39 is 17.9 Å². The molecule has 1 atom stereocenters. The third-order valence-corrected chi connectivity index (χ3v) is 4.52. The van der Waals surface area contributed by atoms with Crippen LogP contribution in [0.25, 0.3) is 0 Å². The Morgan fingerprint density at radius 2 is 1.76 bits per heavy atom. The number of halogens is 2. The van der Waals surface area contributed by atoms with Crippen LogP contribution >= 0.6 is 23.2 Å². The number of imide groups is 1. The predicted molar refractivity (Wildman–Crippen MR) is 94.4 cm³/mol. The number of amides is 2. The van der Waals surface area contributed by atoms with Crippen molar-refractivity contribution in [1.82, 2.24) is 0 Å². The van der Waals surface area contributed by atoms with Gasteiger partial charge in [0.15, 0.2) is 0 Å². The first-order chi connectivity index (χ1) is 11.9. The van der Waals surface area contributed by atoms with Gasteiger partial charge in [0.25, 0.3) is 5.91 Å². The minimum absolute atomic E-state index is 0.0141. The van der Waals surface area contributed by atoms with Crippen LogP contribution in [0.5, 0.6) is 0 Å². The Morgan fingerprint density at radius 3 is 2.36 bits per heavy atom. The summed E-state index contributed by atoms with van der Waals surface area (Å²) in [6.45, 7) is 0. The topological polar surface area (TPSA) is 86.7 Å². The summed E-state index contributed by atoms with van der Waals surface area (Å²) >= 11 is 11.8. The molecule has 8 heteroatoms.